The second-order valence-corrected chi connectivity index (χ2v) is 4.34. The van der Waals surface area contributed by atoms with Crippen LogP contribution in [0.2, 0.25) is 5.02 Å². The molecule has 0 unspecified atom stereocenters. The van der Waals surface area contributed by atoms with Crippen molar-refractivity contribution in [2.45, 2.75) is 26.6 Å². The zero-order valence-electron chi connectivity index (χ0n) is 11.7. The Balaban J connectivity index is 2.49. The fourth-order valence-corrected chi connectivity index (χ4v) is 1.90. The van der Waals surface area contributed by atoms with Gasteiger partial charge in [0.2, 0.25) is 0 Å². The predicted octanol–water partition coefficient (Wildman–Crippen LogP) is 3.55. The average Bonchev–Trinajstić information content (AvgIpc) is 2.39. The van der Waals surface area contributed by atoms with E-state index in [4.69, 9.17) is 25.8 Å². The van der Waals surface area contributed by atoms with Crippen molar-refractivity contribution in [1.82, 2.24) is 0 Å². The first-order chi connectivity index (χ1) is 9.21. The summed E-state index contributed by atoms with van der Waals surface area (Å²) < 4.78 is 16.2. The highest BCUT2D eigenvalue weighted by molar-refractivity contribution is 6.30. The largest absolute Gasteiger partial charge is 0.495 e. The molecule has 0 amide bonds. The van der Waals surface area contributed by atoms with Crippen LogP contribution in [0.25, 0.3) is 0 Å². The Hall–Kier alpha value is -0.970. The van der Waals surface area contributed by atoms with Gasteiger partial charge >= 0.3 is 0 Å². The minimum Gasteiger partial charge on any atom is -0.495 e. The van der Waals surface area contributed by atoms with Gasteiger partial charge in [-0.2, -0.15) is 0 Å². The van der Waals surface area contributed by atoms with Crippen molar-refractivity contribution in [3.8, 4) is 5.75 Å². The smallest absolute Gasteiger partial charge is 0.159 e. The molecule has 0 saturated heterocycles. The highest BCUT2D eigenvalue weighted by Gasteiger charge is 2.08. The van der Waals surface area contributed by atoms with E-state index < -0.39 is 0 Å². The number of methoxy groups -OCH3 is 1. The summed E-state index contributed by atoms with van der Waals surface area (Å²) in [5.74, 6) is 0.772. The maximum atomic E-state index is 5.97. The van der Waals surface area contributed by atoms with Gasteiger partial charge in [0.15, 0.2) is 6.29 Å². The SMILES string of the molecule is CCOC(CCNc1cc(Cl)ccc1OC)OCC. The number of hydrogen-bond acceptors (Lipinski definition) is 4. The summed E-state index contributed by atoms with van der Waals surface area (Å²) >= 11 is 5.97. The highest BCUT2D eigenvalue weighted by Crippen LogP contribution is 2.27. The van der Waals surface area contributed by atoms with Gasteiger partial charge in [-0.1, -0.05) is 11.6 Å². The molecule has 0 aliphatic carbocycles. The lowest BCUT2D eigenvalue weighted by atomic mass is 10.3. The molecule has 5 heteroatoms. The molecule has 108 valence electrons. The number of anilines is 1. The number of rotatable bonds is 9. The third-order valence-corrected chi connectivity index (χ3v) is 2.80. The van der Waals surface area contributed by atoms with Crippen LogP contribution in [0.3, 0.4) is 0 Å². The second-order valence-electron chi connectivity index (χ2n) is 3.90. The number of ether oxygens (including phenoxy) is 3. The van der Waals surface area contributed by atoms with Crippen LogP contribution in [0.5, 0.6) is 5.75 Å². The van der Waals surface area contributed by atoms with Gasteiger partial charge in [0, 0.05) is 31.2 Å². The zero-order valence-corrected chi connectivity index (χ0v) is 12.5. The Bertz CT molecular complexity index is 368. The molecule has 0 atom stereocenters. The van der Waals surface area contributed by atoms with Crippen molar-refractivity contribution in [3.05, 3.63) is 23.2 Å². The Kier molecular flexibility index (Phi) is 7.63. The van der Waals surface area contributed by atoms with E-state index in [0.717, 1.165) is 24.4 Å². The van der Waals surface area contributed by atoms with Gasteiger partial charge in [-0.15, -0.1) is 0 Å². The van der Waals surface area contributed by atoms with Crippen LogP contribution in [-0.4, -0.2) is 33.2 Å². The van der Waals surface area contributed by atoms with E-state index in [-0.39, 0.29) is 6.29 Å². The molecule has 0 aromatic heterocycles. The lowest BCUT2D eigenvalue weighted by molar-refractivity contribution is -0.137. The summed E-state index contributed by atoms with van der Waals surface area (Å²) in [6.45, 7) is 5.93. The Morgan fingerprint density at radius 1 is 1.21 bits per heavy atom. The van der Waals surface area contributed by atoms with E-state index in [2.05, 4.69) is 5.32 Å². The fraction of sp³-hybridized carbons (Fsp3) is 0.571. The number of halogens is 1. The van der Waals surface area contributed by atoms with Gasteiger partial charge < -0.3 is 19.5 Å². The Morgan fingerprint density at radius 2 is 1.89 bits per heavy atom. The van der Waals surface area contributed by atoms with Gasteiger partial charge in [-0.3, -0.25) is 0 Å². The lowest BCUT2D eigenvalue weighted by Gasteiger charge is -2.18. The van der Waals surface area contributed by atoms with E-state index in [1.54, 1.807) is 13.2 Å². The molecular weight excluding hydrogens is 266 g/mol. The summed E-state index contributed by atoms with van der Waals surface area (Å²) in [5, 5.41) is 3.96. The standard InChI is InChI=1S/C14H22ClNO3/c1-4-18-14(19-5-2)8-9-16-12-10-11(15)6-7-13(12)17-3/h6-7,10,14,16H,4-5,8-9H2,1-3H3. The first-order valence-electron chi connectivity index (χ1n) is 6.51. The molecule has 0 heterocycles. The quantitative estimate of drug-likeness (QED) is 0.705. The van der Waals surface area contributed by atoms with Crippen molar-refractivity contribution in [2.75, 3.05) is 32.2 Å². The molecule has 4 nitrogen and oxygen atoms in total. The third kappa shape index (κ3) is 5.68. The van der Waals surface area contributed by atoms with Gasteiger partial charge in [-0.25, -0.2) is 0 Å². The molecule has 0 aliphatic heterocycles. The molecular formula is C14H22ClNO3. The molecule has 0 fully saturated rings. The van der Waals surface area contributed by atoms with E-state index >= 15 is 0 Å². The number of nitrogens with one attached hydrogen (secondary N) is 1. The average molecular weight is 288 g/mol. The monoisotopic (exact) mass is 287 g/mol. The van der Waals surface area contributed by atoms with Crippen LogP contribution in [0.15, 0.2) is 18.2 Å². The summed E-state index contributed by atoms with van der Waals surface area (Å²) in [6.07, 6.45) is 0.588. The molecule has 1 aromatic rings. The van der Waals surface area contributed by atoms with Crippen molar-refractivity contribution in [2.24, 2.45) is 0 Å². The van der Waals surface area contributed by atoms with Crippen LogP contribution in [0.1, 0.15) is 20.3 Å². The summed E-state index contributed by atoms with van der Waals surface area (Å²) in [4.78, 5) is 0. The number of benzene rings is 1. The topological polar surface area (TPSA) is 39.7 Å². The van der Waals surface area contributed by atoms with Crippen LogP contribution in [0.4, 0.5) is 5.69 Å². The summed E-state index contributed by atoms with van der Waals surface area (Å²) in [7, 11) is 1.64. The Morgan fingerprint density at radius 3 is 2.47 bits per heavy atom. The molecule has 0 spiro atoms. The molecule has 0 radical (unpaired) electrons. The summed E-state index contributed by atoms with van der Waals surface area (Å²) in [5.41, 5.74) is 0.877. The first-order valence-corrected chi connectivity index (χ1v) is 6.89. The molecule has 1 N–H and O–H groups in total. The molecule has 1 aromatic carbocycles. The van der Waals surface area contributed by atoms with Crippen molar-refractivity contribution in [3.63, 3.8) is 0 Å². The van der Waals surface area contributed by atoms with Gasteiger partial charge in [0.05, 0.1) is 12.8 Å². The molecule has 19 heavy (non-hydrogen) atoms. The minimum atomic E-state index is -0.173. The fourth-order valence-electron chi connectivity index (χ4n) is 1.73. The molecule has 0 bridgehead atoms. The van der Waals surface area contributed by atoms with Gasteiger partial charge in [0.25, 0.3) is 0 Å². The normalized spacial score (nSPS) is 10.8. The molecule has 1 rings (SSSR count). The maximum Gasteiger partial charge on any atom is 0.159 e. The highest BCUT2D eigenvalue weighted by atomic mass is 35.5. The van der Waals surface area contributed by atoms with Crippen molar-refractivity contribution < 1.29 is 14.2 Å². The van der Waals surface area contributed by atoms with E-state index in [0.29, 0.717) is 18.2 Å². The zero-order chi connectivity index (χ0) is 14.1. The maximum absolute atomic E-state index is 5.97. The van der Waals surface area contributed by atoms with Crippen molar-refractivity contribution in [1.29, 1.82) is 0 Å². The van der Waals surface area contributed by atoms with E-state index in [1.165, 1.54) is 0 Å². The van der Waals surface area contributed by atoms with Gasteiger partial charge in [-0.05, 0) is 32.0 Å². The van der Waals surface area contributed by atoms with Crippen molar-refractivity contribution >= 4 is 17.3 Å². The van der Waals surface area contributed by atoms with E-state index in [1.807, 2.05) is 26.0 Å². The molecule has 0 aliphatic rings. The third-order valence-electron chi connectivity index (χ3n) is 2.56. The first kappa shape index (κ1) is 16.1. The summed E-state index contributed by atoms with van der Waals surface area (Å²) in [6, 6.07) is 5.48. The van der Waals surface area contributed by atoms with Crippen LogP contribution in [0, 0.1) is 0 Å². The molecule has 0 saturated carbocycles. The number of hydrogen-bond donors (Lipinski definition) is 1. The van der Waals surface area contributed by atoms with Crippen LogP contribution in [-0.2, 0) is 9.47 Å². The van der Waals surface area contributed by atoms with E-state index in [9.17, 15) is 0 Å². The van der Waals surface area contributed by atoms with Crippen LogP contribution < -0.4 is 10.1 Å². The predicted molar refractivity (Wildman–Crippen MR) is 78.2 cm³/mol. The Labute approximate surface area is 120 Å². The minimum absolute atomic E-state index is 0.173. The lowest BCUT2D eigenvalue weighted by Crippen LogP contribution is -2.21. The van der Waals surface area contributed by atoms with Gasteiger partial charge in [0.1, 0.15) is 5.75 Å². The second kappa shape index (κ2) is 9.02. The van der Waals surface area contributed by atoms with Crippen LogP contribution >= 0.6 is 11.6 Å².